The molecule has 0 N–H and O–H groups in total. The molecule has 0 aliphatic rings. The summed E-state index contributed by atoms with van der Waals surface area (Å²) < 4.78 is 88.9. The van der Waals surface area contributed by atoms with Gasteiger partial charge in [0.15, 0.2) is 0 Å². The predicted molar refractivity (Wildman–Crippen MR) is 103 cm³/mol. The summed E-state index contributed by atoms with van der Waals surface area (Å²) >= 11 is 0. The van der Waals surface area contributed by atoms with Crippen molar-refractivity contribution in [3.05, 3.63) is 34.9 Å². The highest BCUT2D eigenvalue weighted by molar-refractivity contribution is 6.44. The van der Waals surface area contributed by atoms with Crippen LogP contribution in [0, 0.1) is 0 Å². The molecule has 1 rings (SSSR count). The van der Waals surface area contributed by atoms with Crippen molar-refractivity contribution in [2.75, 3.05) is 13.2 Å². The van der Waals surface area contributed by atoms with Gasteiger partial charge in [-0.15, -0.1) is 0 Å². The summed E-state index contributed by atoms with van der Waals surface area (Å²) in [6.07, 6.45) is -4.55. The van der Waals surface area contributed by atoms with Crippen LogP contribution in [0.1, 0.15) is 69.1 Å². The lowest BCUT2D eigenvalue weighted by Gasteiger charge is -2.16. The lowest BCUT2D eigenvalue weighted by molar-refractivity contribution is -0.143. The minimum Gasteiger partial charge on any atom is -0.397 e. The van der Waals surface area contributed by atoms with Crippen LogP contribution in [0.15, 0.2) is 18.2 Å². The Morgan fingerprint density at radius 2 is 1.21 bits per heavy atom. The zero-order chi connectivity index (χ0) is 21.9. The lowest BCUT2D eigenvalue weighted by atomic mass is 10.00. The Kier molecular flexibility index (Phi) is 11.3. The van der Waals surface area contributed by atoms with Crippen molar-refractivity contribution in [1.29, 1.82) is 0 Å². The van der Waals surface area contributed by atoms with Gasteiger partial charge in [-0.1, -0.05) is 33.1 Å². The summed E-state index contributed by atoms with van der Waals surface area (Å²) in [6.45, 7) is 5.42. The van der Waals surface area contributed by atoms with Gasteiger partial charge in [0, 0.05) is 13.2 Å². The maximum atomic E-state index is 12.9. The molecule has 1 aromatic rings. The Morgan fingerprint density at radius 1 is 0.724 bits per heavy atom. The molecule has 0 spiro atoms. The van der Waals surface area contributed by atoms with Gasteiger partial charge in [-0.05, 0) is 55.5 Å². The average molecular weight is 445 g/mol. The summed E-state index contributed by atoms with van der Waals surface area (Å²) in [6, 6.07) is 2.66. The molecule has 0 aliphatic heterocycles. The van der Waals surface area contributed by atoms with Crippen molar-refractivity contribution in [3.8, 4) is 0 Å². The summed E-state index contributed by atoms with van der Waals surface area (Å²) in [5, 5.41) is 0. The second-order valence-electron chi connectivity index (χ2n) is 7.04. The van der Waals surface area contributed by atoms with Crippen molar-refractivity contribution in [2.24, 2.45) is 0 Å². The molecule has 0 heterocycles. The van der Waals surface area contributed by atoms with Gasteiger partial charge in [0.2, 0.25) is 0 Å². The minimum absolute atomic E-state index is 0.0666. The van der Waals surface area contributed by atoms with Crippen LogP contribution in [0.2, 0.25) is 6.04 Å². The first kappa shape index (κ1) is 26.0. The van der Waals surface area contributed by atoms with Crippen LogP contribution in [0.4, 0.5) is 26.3 Å². The van der Waals surface area contributed by atoms with Gasteiger partial charge in [0.1, 0.15) is 0 Å². The van der Waals surface area contributed by atoms with E-state index in [2.05, 4.69) is 0 Å². The molecule has 0 bridgehead atoms. The van der Waals surface area contributed by atoms with E-state index in [-0.39, 0.29) is 18.1 Å². The molecule has 29 heavy (non-hydrogen) atoms. The summed E-state index contributed by atoms with van der Waals surface area (Å²) in [7, 11) is -1.68. The Bertz CT molecular complexity index is 549. The third-order valence-electron chi connectivity index (χ3n) is 4.32. The molecule has 0 saturated carbocycles. The molecule has 168 valence electrons. The molecule has 0 amide bonds. The number of hydrogen-bond donors (Lipinski definition) is 0. The van der Waals surface area contributed by atoms with Crippen molar-refractivity contribution in [2.45, 2.75) is 77.2 Å². The van der Waals surface area contributed by atoms with E-state index in [0.717, 1.165) is 50.3 Å². The van der Waals surface area contributed by atoms with Crippen LogP contribution in [0.5, 0.6) is 0 Å². The third-order valence-corrected chi connectivity index (χ3v) is 6.41. The van der Waals surface area contributed by atoms with Crippen molar-refractivity contribution < 1.29 is 35.2 Å². The van der Waals surface area contributed by atoms with Crippen LogP contribution < -0.4 is 0 Å². The molecule has 1 aromatic carbocycles. The number of unbranched alkanes of at least 4 members (excludes halogenated alkanes) is 3. The molecule has 0 unspecified atom stereocenters. The molecule has 0 saturated heterocycles. The van der Waals surface area contributed by atoms with E-state index in [0.29, 0.717) is 19.6 Å². The summed E-state index contributed by atoms with van der Waals surface area (Å²) in [4.78, 5) is 0. The van der Waals surface area contributed by atoms with E-state index in [1.807, 2.05) is 13.8 Å². The van der Waals surface area contributed by atoms with Gasteiger partial charge in [-0.25, -0.2) is 0 Å². The zero-order valence-corrected chi connectivity index (χ0v) is 18.1. The molecular weight excluding hydrogens is 414 g/mol. The summed E-state index contributed by atoms with van der Waals surface area (Å²) in [5.74, 6) is 0. The van der Waals surface area contributed by atoms with Crippen molar-refractivity contribution >= 4 is 9.28 Å². The van der Waals surface area contributed by atoms with Gasteiger partial charge in [-0.2, -0.15) is 26.3 Å². The first-order valence-electron chi connectivity index (χ1n) is 10.1. The van der Waals surface area contributed by atoms with Crippen LogP contribution in [0.25, 0.3) is 0 Å². The first-order chi connectivity index (χ1) is 13.6. The van der Waals surface area contributed by atoms with Crippen LogP contribution in [-0.2, 0) is 27.6 Å². The van der Waals surface area contributed by atoms with Crippen LogP contribution >= 0.6 is 0 Å². The number of benzene rings is 1. The quantitative estimate of drug-likeness (QED) is 0.187. The smallest absolute Gasteiger partial charge is 0.397 e. The highest BCUT2D eigenvalue weighted by atomic mass is 28.3. The molecule has 0 aliphatic carbocycles. The van der Waals surface area contributed by atoms with Crippen LogP contribution in [0.3, 0.4) is 0 Å². The van der Waals surface area contributed by atoms with E-state index in [1.54, 1.807) is 0 Å². The third kappa shape index (κ3) is 10.5. The highest BCUT2D eigenvalue weighted by Crippen LogP contribution is 2.36. The second kappa shape index (κ2) is 12.6. The fourth-order valence-electron chi connectivity index (χ4n) is 2.87. The fourth-order valence-corrected chi connectivity index (χ4v) is 4.92. The predicted octanol–water partition coefficient (Wildman–Crippen LogP) is 6.90. The highest BCUT2D eigenvalue weighted by Gasteiger charge is 2.36. The molecular formula is C20H30F6O2Si. The Morgan fingerprint density at radius 3 is 1.66 bits per heavy atom. The van der Waals surface area contributed by atoms with E-state index in [1.165, 1.54) is 0 Å². The standard InChI is InChI=1S/C20H30F6O2Si/c1-3-10-27-29(28-11-4-2)12-8-6-5-7-9-16-13-17(19(21,22)23)15-18(14-16)20(24,25)26/h13-15,29H,3-12H2,1-2H3. The number of alkyl halides is 6. The van der Waals surface area contributed by atoms with Crippen molar-refractivity contribution in [3.63, 3.8) is 0 Å². The fraction of sp³-hybridized carbons (Fsp3) is 0.700. The van der Waals surface area contributed by atoms with E-state index < -0.39 is 32.8 Å². The number of halogens is 6. The topological polar surface area (TPSA) is 18.5 Å². The van der Waals surface area contributed by atoms with Gasteiger partial charge >= 0.3 is 21.6 Å². The van der Waals surface area contributed by atoms with Gasteiger partial charge in [0.25, 0.3) is 0 Å². The van der Waals surface area contributed by atoms with E-state index >= 15 is 0 Å². The molecule has 0 aromatic heterocycles. The SMILES string of the molecule is CCCO[SiH](CCCCCCc1cc(C(F)(F)F)cc(C(F)(F)F)c1)OCCC. The first-order valence-corrected chi connectivity index (χ1v) is 11.9. The number of aryl methyl sites for hydroxylation is 1. The normalized spacial score (nSPS) is 12.7. The molecule has 0 atom stereocenters. The molecule has 2 nitrogen and oxygen atoms in total. The maximum Gasteiger partial charge on any atom is 0.416 e. The molecule has 0 fully saturated rings. The largest absolute Gasteiger partial charge is 0.416 e. The van der Waals surface area contributed by atoms with Crippen LogP contribution in [-0.4, -0.2) is 22.5 Å². The monoisotopic (exact) mass is 444 g/mol. The Hall–Kier alpha value is -1.06. The van der Waals surface area contributed by atoms with E-state index in [4.69, 9.17) is 8.85 Å². The average Bonchev–Trinajstić information content (AvgIpc) is 2.64. The maximum absolute atomic E-state index is 12.9. The van der Waals surface area contributed by atoms with Gasteiger partial charge < -0.3 is 8.85 Å². The molecule has 0 radical (unpaired) electrons. The number of hydrogen-bond acceptors (Lipinski definition) is 2. The zero-order valence-electron chi connectivity index (χ0n) is 17.0. The van der Waals surface area contributed by atoms with Crippen molar-refractivity contribution in [1.82, 2.24) is 0 Å². The minimum atomic E-state index is -4.80. The summed E-state index contributed by atoms with van der Waals surface area (Å²) in [5.41, 5.74) is -2.44. The Balaban J connectivity index is 2.51. The lowest BCUT2D eigenvalue weighted by Crippen LogP contribution is -2.23. The number of rotatable bonds is 13. The second-order valence-corrected chi connectivity index (χ2v) is 9.14. The molecule has 9 heteroatoms. The van der Waals surface area contributed by atoms with Gasteiger partial charge in [0.05, 0.1) is 11.1 Å². The Labute approximate surface area is 170 Å². The van der Waals surface area contributed by atoms with E-state index in [9.17, 15) is 26.3 Å². The van der Waals surface area contributed by atoms with Gasteiger partial charge in [-0.3, -0.25) is 0 Å².